The zero-order valence-corrected chi connectivity index (χ0v) is 16.6. The Kier molecular flexibility index (Phi) is 14.9. The smallest absolute Gasteiger partial charge is 0.147 e. The molecule has 0 radical (unpaired) electrons. The van der Waals surface area contributed by atoms with Crippen molar-refractivity contribution in [3.63, 3.8) is 0 Å². The predicted octanol–water partition coefficient (Wildman–Crippen LogP) is 5.29. The highest BCUT2D eigenvalue weighted by Crippen LogP contribution is 2.23. The Morgan fingerprint density at radius 2 is 1.09 bits per heavy atom. The first-order valence-corrected chi connectivity index (χ1v) is 13.0. The van der Waals surface area contributed by atoms with Crippen LogP contribution in [0.2, 0.25) is 0 Å². The fourth-order valence-corrected chi connectivity index (χ4v) is 5.88. The Balaban J connectivity index is 3.21. The molecule has 1 unspecified atom stereocenters. The summed E-state index contributed by atoms with van der Waals surface area (Å²) in [6.45, 7) is 2.25. The lowest BCUT2D eigenvalue weighted by molar-refractivity contribution is 0.546. The van der Waals surface area contributed by atoms with Crippen LogP contribution in [-0.4, -0.2) is 32.8 Å². The third kappa shape index (κ3) is 18.2. The van der Waals surface area contributed by atoms with Gasteiger partial charge >= 0.3 is 0 Å². The summed E-state index contributed by atoms with van der Waals surface area (Å²) in [5.74, 6) is 0.0864. The molecule has 0 aliphatic rings. The molecule has 0 bridgehead atoms. The molecule has 22 heavy (non-hydrogen) atoms. The van der Waals surface area contributed by atoms with Crippen LogP contribution in [0.5, 0.6) is 0 Å². The van der Waals surface area contributed by atoms with Gasteiger partial charge in [-0.2, -0.15) is 0 Å². The van der Waals surface area contributed by atoms with E-state index in [1.165, 1.54) is 70.5 Å². The molecule has 3 nitrogen and oxygen atoms in total. The summed E-state index contributed by atoms with van der Waals surface area (Å²) >= 11 is 0. The summed E-state index contributed by atoms with van der Waals surface area (Å²) in [6.07, 6.45) is 17.9. The van der Waals surface area contributed by atoms with Crippen LogP contribution in [0, 0.1) is 0 Å². The molecule has 0 aliphatic carbocycles. The molecule has 0 aromatic rings. The molecule has 0 saturated heterocycles. The van der Waals surface area contributed by atoms with E-state index >= 15 is 0 Å². The van der Waals surface area contributed by atoms with Crippen molar-refractivity contribution >= 4 is 17.6 Å². The Morgan fingerprint density at radius 1 is 0.682 bits per heavy atom. The number of hydrogen-bond acceptors (Lipinski definition) is 3. The van der Waals surface area contributed by atoms with E-state index in [4.69, 9.17) is 0 Å². The van der Waals surface area contributed by atoms with Crippen molar-refractivity contribution in [3.05, 3.63) is 0 Å². The molecule has 0 amide bonds. The quantitative estimate of drug-likeness (QED) is 0.280. The van der Waals surface area contributed by atoms with Gasteiger partial charge in [-0.15, -0.1) is 0 Å². The van der Waals surface area contributed by atoms with Crippen molar-refractivity contribution in [3.8, 4) is 0 Å². The SMILES string of the molecule is CCCCCCCCCCCCCC[PH](=O)CCS(C)(=O)=O. The Hall–Kier alpha value is 0.180. The number of rotatable bonds is 16. The van der Waals surface area contributed by atoms with Gasteiger partial charge in [0.25, 0.3) is 0 Å². The number of sulfone groups is 1. The summed E-state index contributed by atoms with van der Waals surface area (Å²) in [6, 6.07) is 0. The van der Waals surface area contributed by atoms with Gasteiger partial charge in [0.15, 0.2) is 0 Å². The second-order valence-electron chi connectivity index (χ2n) is 6.56. The molecule has 1 atom stereocenters. The maximum atomic E-state index is 11.7. The molecule has 0 rings (SSSR count). The van der Waals surface area contributed by atoms with Crippen LogP contribution in [0.25, 0.3) is 0 Å². The minimum Gasteiger partial charge on any atom is -0.327 e. The maximum Gasteiger partial charge on any atom is 0.147 e. The summed E-state index contributed by atoms with van der Waals surface area (Å²) in [5, 5.41) is 0. The topological polar surface area (TPSA) is 51.2 Å². The van der Waals surface area contributed by atoms with Crippen LogP contribution in [0.1, 0.15) is 84.0 Å². The monoisotopic (exact) mass is 352 g/mol. The van der Waals surface area contributed by atoms with E-state index in [0.29, 0.717) is 6.16 Å². The molecule has 134 valence electrons. The van der Waals surface area contributed by atoms with Crippen LogP contribution in [-0.2, 0) is 14.4 Å². The van der Waals surface area contributed by atoms with E-state index in [2.05, 4.69) is 6.92 Å². The summed E-state index contributed by atoms with van der Waals surface area (Å²) in [4.78, 5) is 0. The molecule has 5 heteroatoms. The van der Waals surface area contributed by atoms with E-state index in [-0.39, 0.29) is 5.75 Å². The van der Waals surface area contributed by atoms with Gasteiger partial charge in [-0.05, 0) is 12.6 Å². The molecule has 0 aliphatic heterocycles. The van der Waals surface area contributed by atoms with Gasteiger partial charge < -0.3 is 4.57 Å². The first kappa shape index (κ1) is 22.2. The second kappa shape index (κ2) is 14.8. The lowest BCUT2D eigenvalue weighted by Crippen LogP contribution is -2.05. The largest absolute Gasteiger partial charge is 0.327 e. The van der Waals surface area contributed by atoms with E-state index < -0.39 is 17.6 Å². The van der Waals surface area contributed by atoms with Crippen molar-refractivity contribution in [1.82, 2.24) is 0 Å². The number of unbranched alkanes of at least 4 members (excludes halogenated alkanes) is 11. The van der Waals surface area contributed by atoms with Crippen LogP contribution in [0.4, 0.5) is 0 Å². The highest BCUT2D eigenvalue weighted by Gasteiger charge is 2.06. The van der Waals surface area contributed by atoms with Crippen molar-refractivity contribution in [2.75, 3.05) is 24.3 Å². The zero-order valence-electron chi connectivity index (χ0n) is 14.7. The van der Waals surface area contributed by atoms with Crippen molar-refractivity contribution in [1.29, 1.82) is 0 Å². The number of hydrogen-bond donors (Lipinski definition) is 0. The fraction of sp³-hybridized carbons (Fsp3) is 1.00. The third-order valence-electron chi connectivity index (χ3n) is 4.06. The Labute approximate surface area is 139 Å². The van der Waals surface area contributed by atoms with Crippen LogP contribution in [0.15, 0.2) is 0 Å². The third-order valence-corrected chi connectivity index (χ3v) is 7.09. The van der Waals surface area contributed by atoms with E-state index in [1.54, 1.807) is 0 Å². The molecular weight excluding hydrogens is 315 g/mol. The first-order valence-electron chi connectivity index (χ1n) is 9.15. The van der Waals surface area contributed by atoms with E-state index in [9.17, 15) is 13.0 Å². The summed E-state index contributed by atoms with van der Waals surface area (Å²) in [7, 11) is -4.61. The lowest BCUT2D eigenvalue weighted by atomic mass is 10.1. The standard InChI is InChI=1S/C17H37O3PS/c1-3-4-5-6-7-8-9-10-11-12-13-14-15-21(18)16-17-22(2,19)20/h21H,3-17H2,1-2H3. The second-order valence-corrected chi connectivity index (χ2v) is 10.9. The lowest BCUT2D eigenvalue weighted by Gasteiger charge is -2.03. The zero-order chi connectivity index (χ0) is 16.7. The normalized spacial score (nSPS) is 13.4. The summed E-state index contributed by atoms with van der Waals surface area (Å²) in [5.41, 5.74) is 0. The maximum absolute atomic E-state index is 11.7. The van der Waals surface area contributed by atoms with Gasteiger partial charge in [-0.1, -0.05) is 77.6 Å². The minimum atomic E-state index is -2.95. The first-order chi connectivity index (χ1) is 10.5. The predicted molar refractivity (Wildman–Crippen MR) is 99.5 cm³/mol. The average Bonchev–Trinajstić information content (AvgIpc) is 2.45. The molecule has 0 saturated carbocycles. The fourth-order valence-electron chi connectivity index (χ4n) is 2.59. The van der Waals surface area contributed by atoms with Gasteiger partial charge in [0, 0.05) is 12.4 Å². The summed E-state index contributed by atoms with van der Waals surface area (Å²) < 4.78 is 33.7. The highest BCUT2D eigenvalue weighted by molar-refractivity contribution is 7.90. The van der Waals surface area contributed by atoms with Crippen LogP contribution >= 0.6 is 7.80 Å². The van der Waals surface area contributed by atoms with Crippen LogP contribution in [0.3, 0.4) is 0 Å². The van der Waals surface area contributed by atoms with Crippen molar-refractivity contribution in [2.45, 2.75) is 84.0 Å². The molecule has 0 aromatic carbocycles. The van der Waals surface area contributed by atoms with Crippen molar-refractivity contribution in [2.24, 2.45) is 0 Å². The molecular formula is C17H37O3PS. The highest BCUT2D eigenvalue weighted by atomic mass is 32.2. The van der Waals surface area contributed by atoms with E-state index in [0.717, 1.165) is 19.0 Å². The van der Waals surface area contributed by atoms with Gasteiger partial charge in [-0.25, -0.2) is 8.42 Å². The molecule has 0 spiro atoms. The average molecular weight is 353 g/mol. The van der Waals surface area contributed by atoms with Crippen molar-refractivity contribution < 1.29 is 13.0 Å². The Morgan fingerprint density at radius 3 is 1.50 bits per heavy atom. The minimum absolute atomic E-state index is 0.0864. The van der Waals surface area contributed by atoms with E-state index in [1.807, 2.05) is 0 Å². The molecule has 0 heterocycles. The molecule has 0 fully saturated rings. The van der Waals surface area contributed by atoms with Gasteiger partial charge in [-0.3, -0.25) is 0 Å². The van der Waals surface area contributed by atoms with Gasteiger partial charge in [0.05, 0.1) is 13.6 Å². The van der Waals surface area contributed by atoms with Gasteiger partial charge in [0.1, 0.15) is 9.84 Å². The van der Waals surface area contributed by atoms with Crippen LogP contribution < -0.4 is 0 Å². The molecule has 0 N–H and O–H groups in total. The Bertz CT molecular complexity index is 366. The molecule has 0 aromatic heterocycles. The van der Waals surface area contributed by atoms with Gasteiger partial charge in [0.2, 0.25) is 0 Å².